The summed E-state index contributed by atoms with van der Waals surface area (Å²) in [4.78, 5) is 3.16. The lowest BCUT2D eigenvalue weighted by atomic mass is 9.74. The minimum atomic E-state index is -0.738. The number of aliphatic hydroxyl groups is 1. The summed E-state index contributed by atoms with van der Waals surface area (Å²) < 4.78 is 5.53. The van der Waals surface area contributed by atoms with Crippen LogP contribution in [-0.2, 0) is 5.60 Å². The zero-order valence-corrected chi connectivity index (χ0v) is 13.7. The van der Waals surface area contributed by atoms with Gasteiger partial charge in [-0.05, 0) is 49.1 Å². The monoisotopic (exact) mass is 327 g/mol. The molecule has 3 aromatic rings. The van der Waals surface area contributed by atoms with Crippen molar-refractivity contribution in [3.05, 3.63) is 53.2 Å². The Kier molecular flexibility index (Phi) is 3.36. The lowest BCUT2D eigenvalue weighted by Gasteiger charge is -2.38. The van der Waals surface area contributed by atoms with Gasteiger partial charge in [0.25, 0.3) is 0 Å². The van der Waals surface area contributed by atoms with Crippen molar-refractivity contribution in [2.24, 2.45) is 0 Å². The van der Waals surface area contributed by atoms with E-state index in [4.69, 9.17) is 16.3 Å². The summed E-state index contributed by atoms with van der Waals surface area (Å²) in [6.45, 7) is 0. The lowest BCUT2D eigenvalue weighted by Crippen LogP contribution is -2.33. The third-order valence-electron chi connectivity index (χ3n) is 4.84. The van der Waals surface area contributed by atoms with E-state index in [1.807, 2.05) is 36.5 Å². The molecule has 1 aliphatic rings. The summed E-state index contributed by atoms with van der Waals surface area (Å²) in [6.07, 6.45) is 4.54. The molecule has 0 bridgehead atoms. The van der Waals surface area contributed by atoms with Crippen LogP contribution in [0.4, 0.5) is 0 Å². The van der Waals surface area contributed by atoms with Crippen LogP contribution in [0, 0.1) is 0 Å². The molecule has 4 heteroatoms. The Morgan fingerprint density at radius 3 is 2.70 bits per heavy atom. The second-order valence-corrected chi connectivity index (χ2v) is 6.60. The highest BCUT2D eigenvalue weighted by atomic mass is 35.5. The molecule has 0 radical (unpaired) electrons. The van der Waals surface area contributed by atoms with Crippen molar-refractivity contribution < 1.29 is 9.84 Å². The molecule has 23 heavy (non-hydrogen) atoms. The first-order valence-corrected chi connectivity index (χ1v) is 8.16. The Labute approximate surface area is 139 Å². The number of methoxy groups -OCH3 is 1. The normalized spacial score (nSPS) is 16.3. The van der Waals surface area contributed by atoms with Crippen molar-refractivity contribution in [3.63, 3.8) is 0 Å². The Hall–Kier alpha value is -1.97. The predicted molar refractivity (Wildman–Crippen MR) is 93.0 cm³/mol. The van der Waals surface area contributed by atoms with Gasteiger partial charge in [0.2, 0.25) is 0 Å². The zero-order valence-electron chi connectivity index (χ0n) is 12.9. The van der Waals surface area contributed by atoms with Crippen molar-refractivity contribution in [1.82, 2.24) is 4.98 Å². The van der Waals surface area contributed by atoms with Gasteiger partial charge >= 0.3 is 0 Å². The number of halogens is 1. The first kappa shape index (κ1) is 14.6. The van der Waals surface area contributed by atoms with Gasteiger partial charge in [-0.3, -0.25) is 0 Å². The SMILES string of the molecule is COc1cc(-c2cc3cc[nH]c3cc2Cl)ccc1C1(O)CCC1. The highest BCUT2D eigenvalue weighted by molar-refractivity contribution is 6.34. The third-order valence-corrected chi connectivity index (χ3v) is 5.15. The fourth-order valence-electron chi connectivity index (χ4n) is 3.32. The van der Waals surface area contributed by atoms with Gasteiger partial charge in [0.05, 0.1) is 17.7 Å². The summed E-state index contributed by atoms with van der Waals surface area (Å²) in [5.74, 6) is 0.718. The molecule has 0 saturated heterocycles. The maximum atomic E-state index is 10.6. The Balaban J connectivity index is 1.83. The van der Waals surface area contributed by atoms with Crippen LogP contribution in [0.5, 0.6) is 5.75 Å². The van der Waals surface area contributed by atoms with E-state index in [9.17, 15) is 5.11 Å². The van der Waals surface area contributed by atoms with Crippen LogP contribution in [-0.4, -0.2) is 17.2 Å². The molecule has 3 nitrogen and oxygen atoms in total. The van der Waals surface area contributed by atoms with E-state index in [0.29, 0.717) is 5.02 Å². The molecule has 0 unspecified atom stereocenters. The molecular formula is C19H18ClNO2. The van der Waals surface area contributed by atoms with Gasteiger partial charge in [0.15, 0.2) is 0 Å². The topological polar surface area (TPSA) is 45.2 Å². The van der Waals surface area contributed by atoms with Gasteiger partial charge in [-0.2, -0.15) is 0 Å². The molecule has 1 aliphatic carbocycles. The Morgan fingerprint density at radius 1 is 1.17 bits per heavy atom. The van der Waals surface area contributed by atoms with E-state index in [-0.39, 0.29) is 0 Å². The molecule has 1 aromatic heterocycles. The van der Waals surface area contributed by atoms with E-state index < -0.39 is 5.60 Å². The smallest absolute Gasteiger partial charge is 0.125 e. The maximum absolute atomic E-state index is 10.6. The van der Waals surface area contributed by atoms with Gasteiger partial charge in [0, 0.05) is 28.2 Å². The van der Waals surface area contributed by atoms with Gasteiger partial charge in [-0.25, -0.2) is 0 Å². The number of rotatable bonds is 3. The van der Waals surface area contributed by atoms with Crippen LogP contribution in [0.2, 0.25) is 5.02 Å². The summed E-state index contributed by atoms with van der Waals surface area (Å²) in [7, 11) is 1.64. The molecular weight excluding hydrogens is 310 g/mol. The number of H-pyrrole nitrogens is 1. The van der Waals surface area contributed by atoms with Crippen LogP contribution in [0.3, 0.4) is 0 Å². The number of fused-ring (bicyclic) bond motifs is 1. The number of nitrogens with one attached hydrogen (secondary N) is 1. The molecule has 1 heterocycles. The minimum absolute atomic E-state index is 0.692. The van der Waals surface area contributed by atoms with Crippen LogP contribution in [0.1, 0.15) is 24.8 Å². The minimum Gasteiger partial charge on any atom is -0.496 e. The largest absolute Gasteiger partial charge is 0.496 e. The first-order chi connectivity index (χ1) is 11.1. The lowest BCUT2D eigenvalue weighted by molar-refractivity contribution is -0.0404. The summed E-state index contributed by atoms with van der Waals surface area (Å²) in [5, 5.41) is 12.4. The van der Waals surface area contributed by atoms with Crippen molar-refractivity contribution in [1.29, 1.82) is 0 Å². The molecule has 2 aromatic carbocycles. The summed E-state index contributed by atoms with van der Waals surface area (Å²) in [6, 6.07) is 12.0. The summed E-state index contributed by atoms with van der Waals surface area (Å²) in [5.41, 5.74) is 3.10. The average Bonchev–Trinajstić information content (AvgIpc) is 2.98. The van der Waals surface area contributed by atoms with Crippen LogP contribution in [0.25, 0.3) is 22.0 Å². The molecule has 0 spiro atoms. The highest BCUT2D eigenvalue weighted by Gasteiger charge is 2.38. The first-order valence-electron chi connectivity index (χ1n) is 7.79. The van der Waals surface area contributed by atoms with Crippen LogP contribution >= 0.6 is 11.6 Å². The Bertz CT molecular complexity index is 880. The number of aromatic amines is 1. The molecule has 4 rings (SSSR count). The molecule has 118 valence electrons. The van der Waals surface area contributed by atoms with E-state index >= 15 is 0 Å². The van der Waals surface area contributed by atoms with Crippen LogP contribution in [0.15, 0.2) is 42.6 Å². The van der Waals surface area contributed by atoms with Gasteiger partial charge in [-0.15, -0.1) is 0 Å². The molecule has 1 fully saturated rings. The fraction of sp³-hybridized carbons (Fsp3) is 0.263. The second kappa shape index (κ2) is 5.29. The third kappa shape index (κ3) is 2.32. The van der Waals surface area contributed by atoms with E-state index in [1.165, 1.54) is 0 Å². The van der Waals surface area contributed by atoms with E-state index in [2.05, 4.69) is 11.1 Å². The molecule has 0 amide bonds. The standard InChI is InChI=1S/C19H18ClNO2/c1-23-18-10-12(3-4-15(18)19(22)6-2-7-19)14-9-13-5-8-21-17(13)11-16(14)20/h3-5,8-11,21-22H,2,6-7H2,1H3. The molecule has 0 atom stereocenters. The predicted octanol–water partition coefficient (Wildman–Crippen LogP) is 4.87. The second-order valence-electron chi connectivity index (χ2n) is 6.20. The number of ether oxygens (including phenoxy) is 1. The van der Waals surface area contributed by atoms with Gasteiger partial charge in [-0.1, -0.05) is 23.7 Å². The van der Waals surface area contributed by atoms with Crippen LogP contribution < -0.4 is 4.74 Å². The van der Waals surface area contributed by atoms with Crippen molar-refractivity contribution in [2.75, 3.05) is 7.11 Å². The number of hydrogen-bond acceptors (Lipinski definition) is 2. The molecule has 0 aliphatic heterocycles. The number of benzene rings is 2. The summed E-state index contributed by atoms with van der Waals surface area (Å²) >= 11 is 6.45. The quantitative estimate of drug-likeness (QED) is 0.721. The van der Waals surface area contributed by atoms with Gasteiger partial charge in [0.1, 0.15) is 5.75 Å². The fourth-order valence-corrected chi connectivity index (χ4v) is 3.59. The van der Waals surface area contributed by atoms with E-state index in [0.717, 1.165) is 52.6 Å². The number of aromatic nitrogens is 1. The zero-order chi connectivity index (χ0) is 16.0. The number of hydrogen-bond donors (Lipinski definition) is 2. The highest BCUT2D eigenvalue weighted by Crippen LogP contribution is 2.46. The van der Waals surface area contributed by atoms with Crippen molar-refractivity contribution in [2.45, 2.75) is 24.9 Å². The molecule has 1 saturated carbocycles. The maximum Gasteiger partial charge on any atom is 0.125 e. The van der Waals surface area contributed by atoms with Crippen molar-refractivity contribution >= 4 is 22.5 Å². The Morgan fingerprint density at radius 2 is 2.00 bits per heavy atom. The van der Waals surface area contributed by atoms with Gasteiger partial charge < -0.3 is 14.8 Å². The molecule has 2 N–H and O–H groups in total. The van der Waals surface area contributed by atoms with E-state index in [1.54, 1.807) is 7.11 Å². The average molecular weight is 328 g/mol. The van der Waals surface area contributed by atoms with Crippen molar-refractivity contribution in [3.8, 4) is 16.9 Å².